The van der Waals surface area contributed by atoms with Crippen molar-refractivity contribution < 1.29 is 4.74 Å². The van der Waals surface area contributed by atoms with Crippen LogP contribution in [0, 0.1) is 0 Å². The number of ether oxygens (including phenoxy) is 1. The molecule has 1 atom stereocenters. The molecule has 6 heteroatoms. The maximum atomic E-state index is 5.37. The third-order valence-electron chi connectivity index (χ3n) is 2.43. The van der Waals surface area contributed by atoms with Gasteiger partial charge in [0, 0.05) is 6.54 Å². The Morgan fingerprint density at radius 2 is 2.47 bits per heavy atom. The monoisotopic (exact) mass is 205 g/mol. The van der Waals surface area contributed by atoms with Crippen LogP contribution in [0.15, 0.2) is 12.5 Å². The van der Waals surface area contributed by atoms with E-state index in [-0.39, 0.29) is 6.04 Å². The maximum Gasteiger partial charge on any atom is 0.180 e. The number of nitrogens with zero attached hydrogens (tertiary/aromatic N) is 3. The van der Waals surface area contributed by atoms with Crippen LogP contribution in [-0.4, -0.2) is 39.7 Å². The fraction of sp³-hybridized carbons (Fsp3) is 0.444. The first kappa shape index (κ1) is 8.75. The second kappa shape index (κ2) is 3.56. The molecule has 0 bridgehead atoms. The van der Waals surface area contributed by atoms with E-state index in [4.69, 9.17) is 4.74 Å². The summed E-state index contributed by atoms with van der Waals surface area (Å²) < 4.78 is 5.37. The van der Waals surface area contributed by atoms with E-state index in [2.05, 4.69) is 25.3 Å². The van der Waals surface area contributed by atoms with Crippen LogP contribution in [0.25, 0.3) is 11.2 Å². The van der Waals surface area contributed by atoms with Crippen LogP contribution in [-0.2, 0) is 4.74 Å². The first-order valence-corrected chi connectivity index (χ1v) is 4.90. The number of aromatic amines is 1. The highest BCUT2D eigenvalue weighted by molar-refractivity contribution is 5.68. The molecule has 3 heterocycles. The lowest BCUT2D eigenvalue weighted by atomic mass is 10.3. The molecule has 0 aliphatic carbocycles. The summed E-state index contributed by atoms with van der Waals surface area (Å²) in [5.41, 5.74) is 1.56. The number of rotatable bonds is 1. The number of hydrogen-bond donors (Lipinski definition) is 2. The SMILES string of the molecule is c1ncc2[nH]c(C3COCCN3)nc2n1. The fourth-order valence-electron chi connectivity index (χ4n) is 1.69. The average molecular weight is 205 g/mol. The molecular formula is C9H11N5O. The summed E-state index contributed by atoms with van der Waals surface area (Å²) in [6.07, 6.45) is 3.22. The third kappa shape index (κ3) is 1.57. The smallest absolute Gasteiger partial charge is 0.180 e. The lowest BCUT2D eigenvalue weighted by molar-refractivity contribution is 0.0746. The van der Waals surface area contributed by atoms with Crippen LogP contribution < -0.4 is 5.32 Å². The normalized spacial score (nSPS) is 22.0. The molecule has 1 fully saturated rings. The Balaban J connectivity index is 1.96. The second-order valence-electron chi connectivity index (χ2n) is 3.46. The molecule has 3 rings (SSSR count). The number of hydrogen-bond acceptors (Lipinski definition) is 5. The van der Waals surface area contributed by atoms with E-state index < -0.39 is 0 Å². The molecule has 0 radical (unpaired) electrons. The molecule has 0 aromatic carbocycles. The Labute approximate surface area is 86.1 Å². The van der Waals surface area contributed by atoms with Gasteiger partial charge in [-0.25, -0.2) is 15.0 Å². The highest BCUT2D eigenvalue weighted by Crippen LogP contribution is 2.15. The van der Waals surface area contributed by atoms with Crippen molar-refractivity contribution in [3.05, 3.63) is 18.3 Å². The van der Waals surface area contributed by atoms with Crippen molar-refractivity contribution in [2.45, 2.75) is 6.04 Å². The molecule has 2 N–H and O–H groups in total. The van der Waals surface area contributed by atoms with Gasteiger partial charge < -0.3 is 15.0 Å². The number of morpholine rings is 1. The van der Waals surface area contributed by atoms with Gasteiger partial charge >= 0.3 is 0 Å². The summed E-state index contributed by atoms with van der Waals surface area (Å²) in [6, 6.07) is 0.132. The van der Waals surface area contributed by atoms with Crippen LogP contribution in [0.3, 0.4) is 0 Å². The zero-order valence-corrected chi connectivity index (χ0v) is 8.10. The van der Waals surface area contributed by atoms with E-state index in [1.165, 1.54) is 6.33 Å². The first-order chi connectivity index (χ1) is 7.43. The number of imidazole rings is 1. The molecule has 6 nitrogen and oxygen atoms in total. The van der Waals surface area contributed by atoms with Gasteiger partial charge in [-0.2, -0.15) is 0 Å². The van der Waals surface area contributed by atoms with Crippen molar-refractivity contribution in [3.63, 3.8) is 0 Å². The van der Waals surface area contributed by atoms with Crippen molar-refractivity contribution in [2.24, 2.45) is 0 Å². The third-order valence-corrected chi connectivity index (χ3v) is 2.43. The van der Waals surface area contributed by atoms with Gasteiger partial charge in [0.15, 0.2) is 5.65 Å². The maximum absolute atomic E-state index is 5.37. The van der Waals surface area contributed by atoms with E-state index in [0.29, 0.717) is 12.3 Å². The van der Waals surface area contributed by atoms with Crippen LogP contribution in [0.5, 0.6) is 0 Å². The minimum atomic E-state index is 0.132. The molecule has 15 heavy (non-hydrogen) atoms. The number of nitrogens with one attached hydrogen (secondary N) is 2. The van der Waals surface area contributed by atoms with Crippen molar-refractivity contribution in [3.8, 4) is 0 Å². The summed E-state index contributed by atoms with van der Waals surface area (Å²) in [5.74, 6) is 0.866. The van der Waals surface area contributed by atoms with Gasteiger partial charge in [-0.1, -0.05) is 0 Å². The van der Waals surface area contributed by atoms with E-state index in [1.54, 1.807) is 6.20 Å². The zero-order chi connectivity index (χ0) is 10.1. The molecule has 2 aromatic rings. The largest absolute Gasteiger partial charge is 0.378 e. The number of aromatic nitrogens is 4. The number of H-pyrrole nitrogens is 1. The minimum Gasteiger partial charge on any atom is -0.378 e. The van der Waals surface area contributed by atoms with E-state index >= 15 is 0 Å². The Hall–Kier alpha value is -1.53. The van der Waals surface area contributed by atoms with Crippen molar-refractivity contribution >= 4 is 11.2 Å². The van der Waals surface area contributed by atoms with Gasteiger partial charge in [0.25, 0.3) is 0 Å². The fourth-order valence-corrected chi connectivity index (χ4v) is 1.69. The van der Waals surface area contributed by atoms with Gasteiger partial charge in [-0.05, 0) is 0 Å². The number of fused-ring (bicyclic) bond motifs is 1. The topological polar surface area (TPSA) is 75.7 Å². The van der Waals surface area contributed by atoms with Crippen LogP contribution in [0.1, 0.15) is 11.9 Å². The van der Waals surface area contributed by atoms with Gasteiger partial charge in [0.05, 0.1) is 25.5 Å². The molecule has 0 saturated carbocycles. The van der Waals surface area contributed by atoms with Gasteiger partial charge in [0.1, 0.15) is 17.7 Å². The van der Waals surface area contributed by atoms with Crippen LogP contribution in [0.2, 0.25) is 0 Å². The molecule has 78 valence electrons. The van der Waals surface area contributed by atoms with Crippen LogP contribution in [0.4, 0.5) is 0 Å². The van der Waals surface area contributed by atoms with Gasteiger partial charge in [0.2, 0.25) is 0 Å². The van der Waals surface area contributed by atoms with Crippen molar-refractivity contribution in [1.82, 2.24) is 25.3 Å². The molecule has 2 aromatic heterocycles. The summed E-state index contributed by atoms with van der Waals surface area (Å²) >= 11 is 0. The highest BCUT2D eigenvalue weighted by Gasteiger charge is 2.18. The molecule has 1 aliphatic heterocycles. The molecule has 1 unspecified atom stereocenters. The zero-order valence-electron chi connectivity index (χ0n) is 8.10. The summed E-state index contributed by atoms with van der Waals surface area (Å²) in [4.78, 5) is 15.6. The lowest BCUT2D eigenvalue weighted by Gasteiger charge is -2.21. The van der Waals surface area contributed by atoms with Gasteiger partial charge in [-0.15, -0.1) is 0 Å². The summed E-state index contributed by atoms with van der Waals surface area (Å²) in [7, 11) is 0. The molecule has 0 amide bonds. The first-order valence-electron chi connectivity index (χ1n) is 4.90. The highest BCUT2D eigenvalue weighted by atomic mass is 16.5. The molecule has 0 spiro atoms. The van der Waals surface area contributed by atoms with Crippen molar-refractivity contribution in [1.29, 1.82) is 0 Å². The molecular weight excluding hydrogens is 194 g/mol. The standard InChI is InChI=1S/C9H11N5O/c1-2-15-4-7(11-1)9-13-6-3-10-5-12-8(6)14-9/h3,5,7,11H,1-2,4H2,(H,10,12,13,14). The minimum absolute atomic E-state index is 0.132. The predicted molar refractivity (Wildman–Crippen MR) is 53.2 cm³/mol. The lowest BCUT2D eigenvalue weighted by Crippen LogP contribution is -2.35. The Morgan fingerprint density at radius 3 is 3.27 bits per heavy atom. The van der Waals surface area contributed by atoms with Gasteiger partial charge in [-0.3, -0.25) is 0 Å². The quantitative estimate of drug-likeness (QED) is 0.686. The Bertz CT molecular complexity index is 429. The van der Waals surface area contributed by atoms with E-state index in [0.717, 1.165) is 24.5 Å². The van der Waals surface area contributed by atoms with E-state index in [9.17, 15) is 0 Å². The summed E-state index contributed by atoms with van der Waals surface area (Å²) in [6.45, 7) is 2.26. The average Bonchev–Trinajstić information content (AvgIpc) is 2.74. The molecule has 1 aliphatic rings. The van der Waals surface area contributed by atoms with Crippen LogP contribution >= 0.6 is 0 Å². The van der Waals surface area contributed by atoms with Crippen molar-refractivity contribution in [2.75, 3.05) is 19.8 Å². The summed E-state index contributed by atoms with van der Waals surface area (Å²) in [5, 5.41) is 3.33. The molecule has 1 saturated heterocycles. The second-order valence-corrected chi connectivity index (χ2v) is 3.46. The predicted octanol–water partition coefficient (Wildman–Crippen LogP) is 0.0138. The Morgan fingerprint density at radius 1 is 1.47 bits per heavy atom. The Kier molecular flexibility index (Phi) is 2.08. The van der Waals surface area contributed by atoms with E-state index in [1.807, 2.05) is 0 Å².